The van der Waals surface area contributed by atoms with Crippen molar-refractivity contribution in [2.24, 2.45) is 0 Å². The van der Waals surface area contributed by atoms with E-state index in [1.54, 1.807) is 0 Å². The molecule has 0 aromatic heterocycles. The van der Waals surface area contributed by atoms with E-state index in [0.717, 1.165) is 20.1 Å². The van der Waals surface area contributed by atoms with Crippen LogP contribution in [0.2, 0.25) is 0 Å². The van der Waals surface area contributed by atoms with E-state index in [0.29, 0.717) is 11.0 Å². The van der Waals surface area contributed by atoms with Gasteiger partial charge in [-0.05, 0) is 13.0 Å². The molecule has 0 saturated heterocycles. The van der Waals surface area contributed by atoms with Gasteiger partial charge < -0.3 is 14.7 Å². The first-order valence-corrected chi connectivity index (χ1v) is 5.85. The first-order valence-electron chi connectivity index (χ1n) is 5.85. The second-order valence-corrected chi connectivity index (χ2v) is 4.77. The number of aliphatic hydroxyl groups is 1. The molecule has 1 aliphatic heterocycles. The summed E-state index contributed by atoms with van der Waals surface area (Å²) in [6, 6.07) is 1.26. The molecule has 1 aromatic rings. The highest BCUT2D eigenvalue weighted by Gasteiger charge is 2.44. The zero-order valence-electron chi connectivity index (χ0n) is 11.1. The fraction of sp³-hybridized carbons (Fsp3) is 0.308. The van der Waals surface area contributed by atoms with Crippen LogP contribution in [0.25, 0.3) is 0 Å². The number of rotatable bonds is 3. The minimum absolute atomic E-state index is 0.327. The number of ether oxygens (including phenoxy) is 1. The molecule has 1 atom stereocenters. The summed E-state index contributed by atoms with van der Waals surface area (Å²) in [7, 11) is 1.03. The van der Waals surface area contributed by atoms with E-state index in [1.807, 2.05) is 0 Å². The van der Waals surface area contributed by atoms with E-state index in [4.69, 9.17) is 0 Å². The molecule has 1 amide bonds. The van der Waals surface area contributed by atoms with Crippen LogP contribution in [-0.4, -0.2) is 42.0 Å². The summed E-state index contributed by atoms with van der Waals surface area (Å²) >= 11 is 0. The highest BCUT2D eigenvalue weighted by Crippen LogP contribution is 2.33. The average Bonchev–Trinajstić information content (AvgIpc) is 2.62. The van der Waals surface area contributed by atoms with Crippen molar-refractivity contribution in [2.75, 3.05) is 18.6 Å². The van der Waals surface area contributed by atoms with Crippen LogP contribution in [0.15, 0.2) is 12.1 Å². The van der Waals surface area contributed by atoms with E-state index in [2.05, 4.69) is 4.74 Å². The van der Waals surface area contributed by atoms with Gasteiger partial charge in [0.15, 0.2) is 5.60 Å². The molecule has 1 aromatic carbocycles. The van der Waals surface area contributed by atoms with Crippen molar-refractivity contribution in [3.63, 3.8) is 0 Å². The maximum absolute atomic E-state index is 13.6. The van der Waals surface area contributed by atoms with Gasteiger partial charge in [0.05, 0.1) is 24.9 Å². The number of benzene rings is 1. The molecule has 0 spiro atoms. The fourth-order valence-electron chi connectivity index (χ4n) is 2.09. The molecule has 0 saturated carbocycles. The number of β-amino-alcohol motifs (C(OH)–C–C–N with tert-alkyl or cyclic N) is 1. The smallest absolute Gasteiger partial charge is 0.339 e. The summed E-state index contributed by atoms with van der Waals surface area (Å²) in [6.07, 6.45) is 0. The third-order valence-electron chi connectivity index (χ3n) is 3.08. The molecule has 21 heavy (non-hydrogen) atoms. The van der Waals surface area contributed by atoms with Gasteiger partial charge in [-0.2, -0.15) is 0 Å². The Morgan fingerprint density at radius 3 is 2.57 bits per heavy atom. The first kappa shape index (κ1) is 15.0. The van der Waals surface area contributed by atoms with Crippen LogP contribution < -0.4 is 4.90 Å². The van der Waals surface area contributed by atoms with Gasteiger partial charge in [0.25, 0.3) is 11.7 Å². The Morgan fingerprint density at radius 1 is 1.38 bits per heavy atom. The Labute approximate surface area is 117 Å². The van der Waals surface area contributed by atoms with Crippen molar-refractivity contribution in [1.82, 2.24) is 0 Å². The van der Waals surface area contributed by atoms with Crippen LogP contribution in [0.4, 0.5) is 14.5 Å². The Morgan fingerprint density at radius 2 is 2.00 bits per heavy atom. The van der Waals surface area contributed by atoms with Gasteiger partial charge in [0.1, 0.15) is 11.6 Å². The van der Waals surface area contributed by atoms with Gasteiger partial charge in [-0.3, -0.25) is 9.59 Å². The Balaban J connectivity index is 2.47. The average molecular weight is 299 g/mol. The number of fused-ring (bicyclic) bond motifs is 1. The van der Waals surface area contributed by atoms with E-state index in [9.17, 15) is 28.3 Å². The summed E-state index contributed by atoms with van der Waals surface area (Å²) in [5, 5.41) is 9.94. The molecule has 0 fully saturated rings. The van der Waals surface area contributed by atoms with Gasteiger partial charge >= 0.3 is 5.97 Å². The topological polar surface area (TPSA) is 83.9 Å². The van der Waals surface area contributed by atoms with Crippen LogP contribution in [0.1, 0.15) is 17.3 Å². The quantitative estimate of drug-likeness (QED) is 0.646. The molecule has 1 aliphatic rings. The van der Waals surface area contributed by atoms with E-state index >= 15 is 0 Å². The molecule has 1 N–H and O–H groups in total. The van der Waals surface area contributed by atoms with Crippen molar-refractivity contribution < 1.29 is 33.0 Å². The molecule has 6 nitrogen and oxygen atoms in total. The molecular formula is C13H11F2NO5. The number of Topliss-reactive ketones (excluding diaryl/α,β-unsaturated/α-hetero) is 1. The lowest BCUT2D eigenvalue weighted by atomic mass is 10.1. The molecular weight excluding hydrogens is 288 g/mol. The minimum atomic E-state index is -2.13. The van der Waals surface area contributed by atoms with Gasteiger partial charge in [-0.25, -0.2) is 13.6 Å². The maximum Gasteiger partial charge on any atom is 0.339 e. The minimum Gasteiger partial charge on any atom is -0.467 e. The third kappa shape index (κ3) is 2.38. The van der Waals surface area contributed by atoms with Crippen LogP contribution in [-0.2, 0) is 14.3 Å². The highest BCUT2D eigenvalue weighted by molar-refractivity contribution is 6.52. The standard InChI is InChI=1S/C13H11F2NO5/c1-13(20,12(19)21-2)5-16-8-4-6(14)3-7(15)9(8)10(17)11(16)18/h3-4,20H,5H2,1-2H3. The van der Waals surface area contributed by atoms with Gasteiger partial charge in [0.2, 0.25) is 0 Å². The van der Waals surface area contributed by atoms with Gasteiger partial charge in [0, 0.05) is 6.07 Å². The lowest BCUT2D eigenvalue weighted by Crippen LogP contribution is -2.49. The summed E-state index contributed by atoms with van der Waals surface area (Å²) in [6.45, 7) is 0.393. The maximum atomic E-state index is 13.6. The summed E-state index contributed by atoms with van der Waals surface area (Å²) in [4.78, 5) is 35.6. The summed E-state index contributed by atoms with van der Waals surface area (Å²) < 4.78 is 31.2. The SMILES string of the molecule is COC(=O)C(C)(O)CN1C(=O)C(=O)c2c(F)cc(F)cc21. The second-order valence-electron chi connectivity index (χ2n) is 4.77. The molecule has 2 rings (SSSR count). The largest absolute Gasteiger partial charge is 0.467 e. The number of esters is 1. The molecule has 1 unspecified atom stereocenters. The number of ketones is 1. The second kappa shape index (κ2) is 4.88. The van der Waals surface area contributed by atoms with Gasteiger partial charge in [-0.1, -0.05) is 0 Å². The summed E-state index contributed by atoms with van der Waals surface area (Å²) in [5.74, 6) is -5.53. The lowest BCUT2D eigenvalue weighted by molar-refractivity contribution is -0.159. The van der Waals surface area contributed by atoms with Crippen molar-refractivity contribution in [3.8, 4) is 0 Å². The molecule has 0 radical (unpaired) electrons. The lowest BCUT2D eigenvalue weighted by Gasteiger charge is -2.26. The zero-order valence-corrected chi connectivity index (χ0v) is 11.1. The zero-order chi connectivity index (χ0) is 15.9. The van der Waals surface area contributed by atoms with Crippen molar-refractivity contribution in [3.05, 3.63) is 29.3 Å². The number of hydrogen-bond acceptors (Lipinski definition) is 5. The molecule has 0 aliphatic carbocycles. The van der Waals surface area contributed by atoms with Gasteiger partial charge in [-0.15, -0.1) is 0 Å². The van der Waals surface area contributed by atoms with E-state index in [1.165, 1.54) is 0 Å². The van der Waals surface area contributed by atoms with Crippen molar-refractivity contribution >= 4 is 23.3 Å². The molecule has 0 bridgehead atoms. The monoisotopic (exact) mass is 299 g/mol. The van der Waals surface area contributed by atoms with Crippen LogP contribution in [0, 0.1) is 11.6 Å². The number of carbonyl (C=O) groups excluding carboxylic acids is 3. The first-order chi connectivity index (χ1) is 9.69. The number of amides is 1. The number of nitrogens with zero attached hydrogens (tertiary/aromatic N) is 1. The molecule has 1 heterocycles. The van der Waals surface area contributed by atoms with Crippen LogP contribution in [0.5, 0.6) is 0 Å². The Bertz CT molecular complexity index is 656. The third-order valence-corrected chi connectivity index (χ3v) is 3.08. The fourth-order valence-corrected chi connectivity index (χ4v) is 2.09. The summed E-state index contributed by atoms with van der Waals surface area (Å²) in [5.41, 5.74) is -3.04. The van der Waals surface area contributed by atoms with Crippen LogP contribution in [0.3, 0.4) is 0 Å². The Hall–Kier alpha value is -2.35. The number of halogens is 2. The predicted octanol–water partition coefficient (Wildman–Crippen LogP) is 0.418. The molecule has 8 heteroatoms. The van der Waals surface area contributed by atoms with E-state index < -0.39 is 47.0 Å². The number of hydrogen-bond donors (Lipinski definition) is 1. The highest BCUT2D eigenvalue weighted by atomic mass is 19.1. The normalized spacial score (nSPS) is 16.7. The number of carbonyl (C=O) groups is 3. The van der Waals surface area contributed by atoms with Crippen molar-refractivity contribution in [1.29, 1.82) is 0 Å². The number of methoxy groups -OCH3 is 1. The van der Waals surface area contributed by atoms with Crippen LogP contribution >= 0.6 is 0 Å². The Kier molecular flexibility index (Phi) is 3.50. The predicted molar refractivity (Wildman–Crippen MR) is 65.7 cm³/mol. The van der Waals surface area contributed by atoms with E-state index in [-0.39, 0.29) is 5.69 Å². The number of anilines is 1. The van der Waals surface area contributed by atoms with Crippen molar-refractivity contribution in [2.45, 2.75) is 12.5 Å². The molecule has 112 valence electrons.